The number of aromatic nitrogens is 2. The van der Waals surface area contributed by atoms with Gasteiger partial charge in [0.2, 0.25) is 15.7 Å². The van der Waals surface area contributed by atoms with Crippen molar-refractivity contribution < 1.29 is 26.5 Å². The number of rotatable bonds is 4. The van der Waals surface area contributed by atoms with Crippen LogP contribution in [0, 0.1) is 12.7 Å². The molecule has 0 bridgehead atoms. The van der Waals surface area contributed by atoms with Gasteiger partial charge in [-0.05, 0) is 37.5 Å². The molecule has 2 saturated heterocycles. The van der Waals surface area contributed by atoms with E-state index in [0.717, 1.165) is 23.2 Å². The maximum atomic E-state index is 15.5. The Hall–Kier alpha value is -1.91. The van der Waals surface area contributed by atoms with Gasteiger partial charge in [0.15, 0.2) is 5.82 Å². The predicted octanol–water partition coefficient (Wildman–Crippen LogP) is 2.67. The number of ether oxygens (including phenoxy) is 1. The van der Waals surface area contributed by atoms with Crippen LogP contribution in [0.4, 0.5) is 8.78 Å². The third-order valence-electron chi connectivity index (χ3n) is 5.38. The molecule has 0 saturated carbocycles. The molecule has 3 heterocycles. The fourth-order valence-corrected chi connectivity index (χ4v) is 5.04. The van der Waals surface area contributed by atoms with Crippen molar-refractivity contribution in [1.29, 1.82) is 0 Å². The molecule has 0 amide bonds. The van der Waals surface area contributed by atoms with Gasteiger partial charge in [0, 0.05) is 32.1 Å². The first-order valence-corrected chi connectivity index (χ1v) is 10.6. The van der Waals surface area contributed by atoms with Crippen LogP contribution in [0.3, 0.4) is 0 Å². The maximum absolute atomic E-state index is 15.5. The van der Waals surface area contributed by atoms with Gasteiger partial charge in [0.05, 0.1) is 11.4 Å². The maximum Gasteiger partial charge on any atom is 0.265 e. The summed E-state index contributed by atoms with van der Waals surface area (Å²) in [5.74, 6) is -0.351. The van der Waals surface area contributed by atoms with Crippen LogP contribution in [-0.4, -0.2) is 49.2 Å². The molecule has 2 fully saturated rings. The molecule has 152 valence electrons. The highest BCUT2D eigenvalue weighted by Crippen LogP contribution is 2.38. The lowest BCUT2D eigenvalue weighted by Gasteiger charge is -2.19. The minimum Gasteiger partial charge on any atom is -0.381 e. The van der Waals surface area contributed by atoms with Crippen molar-refractivity contribution >= 4 is 10.0 Å². The van der Waals surface area contributed by atoms with Gasteiger partial charge in [-0.3, -0.25) is 0 Å². The molecule has 10 heteroatoms. The lowest BCUT2D eigenvalue weighted by Crippen LogP contribution is -2.32. The van der Waals surface area contributed by atoms with Gasteiger partial charge in [-0.1, -0.05) is 11.2 Å². The zero-order chi connectivity index (χ0) is 19.9. The summed E-state index contributed by atoms with van der Waals surface area (Å²) in [7, 11) is -4.02. The van der Waals surface area contributed by atoms with E-state index in [9.17, 15) is 12.8 Å². The second kappa shape index (κ2) is 7.16. The number of sulfonamides is 1. The Morgan fingerprint density at radius 2 is 2.04 bits per heavy atom. The van der Waals surface area contributed by atoms with Gasteiger partial charge in [-0.2, -0.15) is 9.29 Å². The van der Waals surface area contributed by atoms with Crippen molar-refractivity contribution in [1.82, 2.24) is 14.4 Å². The molecule has 1 aromatic carbocycles. The van der Waals surface area contributed by atoms with E-state index in [-0.39, 0.29) is 29.7 Å². The number of alkyl halides is 1. The van der Waals surface area contributed by atoms with Gasteiger partial charge in [-0.15, -0.1) is 0 Å². The Labute approximate surface area is 161 Å². The van der Waals surface area contributed by atoms with E-state index in [1.165, 1.54) is 12.1 Å². The Kier molecular flexibility index (Phi) is 4.96. The van der Waals surface area contributed by atoms with Crippen LogP contribution in [0.2, 0.25) is 0 Å². The van der Waals surface area contributed by atoms with Crippen molar-refractivity contribution in [2.45, 2.75) is 42.7 Å². The Morgan fingerprint density at radius 1 is 1.29 bits per heavy atom. The third kappa shape index (κ3) is 3.44. The number of hydrogen-bond donors (Lipinski definition) is 0. The van der Waals surface area contributed by atoms with E-state index < -0.39 is 28.1 Å². The number of nitrogens with zero attached hydrogens (tertiary/aromatic N) is 3. The fourth-order valence-electron chi connectivity index (χ4n) is 3.54. The minimum absolute atomic E-state index is 0.0478. The van der Waals surface area contributed by atoms with Crippen LogP contribution in [0.15, 0.2) is 27.6 Å². The molecular formula is C18H21F2N3O4S. The highest BCUT2D eigenvalue weighted by Gasteiger charge is 2.49. The predicted molar refractivity (Wildman–Crippen MR) is 94.4 cm³/mol. The average Bonchev–Trinajstić information content (AvgIpc) is 3.33. The first-order chi connectivity index (χ1) is 13.3. The second-order valence-electron chi connectivity index (χ2n) is 7.31. The van der Waals surface area contributed by atoms with Crippen molar-refractivity contribution in [3.8, 4) is 0 Å². The highest BCUT2D eigenvalue weighted by atomic mass is 32.2. The monoisotopic (exact) mass is 413 g/mol. The normalized spacial score (nSPS) is 24.7. The van der Waals surface area contributed by atoms with Crippen LogP contribution in [0.25, 0.3) is 0 Å². The van der Waals surface area contributed by atoms with Gasteiger partial charge in [-0.25, -0.2) is 17.2 Å². The molecule has 7 nitrogen and oxygen atoms in total. The summed E-state index contributed by atoms with van der Waals surface area (Å²) < 4.78 is 66.3. The highest BCUT2D eigenvalue weighted by molar-refractivity contribution is 7.89. The topological polar surface area (TPSA) is 85.5 Å². The van der Waals surface area contributed by atoms with Gasteiger partial charge in [0.1, 0.15) is 5.82 Å². The molecule has 2 aliphatic heterocycles. The standard InChI is InChI=1S/C18H21F2N3O4S/c1-12-2-3-14(10-15(12)19)28(24,25)23-7-6-18(20,11-23)17-21-16(22-27-17)13-4-8-26-9-5-13/h2-3,10,13H,4-9,11H2,1H3. The Morgan fingerprint density at radius 3 is 2.75 bits per heavy atom. The van der Waals surface area contributed by atoms with Gasteiger partial charge < -0.3 is 9.26 Å². The van der Waals surface area contributed by atoms with E-state index >= 15 is 4.39 Å². The van der Waals surface area contributed by atoms with E-state index in [0.29, 0.717) is 24.6 Å². The van der Waals surface area contributed by atoms with Gasteiger partial charge in [0.25, 0.3) is 5.89 Å². The number of aryl methyl sites for hydroxylation is 1. The molecule has 0 aliphatic carbocycles. The molecule has 0 spiro atoms. The Balaban J connectivity index is 1.54. The van der Waals surface area contributed by atoms with Crippen molar-refractivity contribution in [2.75, 3.05) is 26.3 Å². The molecule has 2 aromatic rings. The fraction of sp³-hybridized carbons (Fsp3) is 0.556. The van der Waals surface area contributed by atoms with E-state index in [1.54, 1.807) is 6.92 Å². The van der Waals surface area contributed by atoms with Crippen molar-refractivity contribution in [3.05, 3.63) is 41.3 Å². The van der Waals surface area contributed by atoms with Crippen LogP contribution in [0.1, 0.15) is 42.5 Å². The molecular weight excluding hydrogens is 392 g/mol. The summed E-state index contributed by atoms with van der Waals surface area (Å²) in [6.07, 6.45) is 1.37. The zero-order valence-electron chi connectivity index (χ0n) is 15.4. The van der Waals surface area contributed by atoms with Crippen LogP contribution < -0.4 is 0 Å². The SMILES string of the molecule is Cc1ccc(S(=O)(=O)N2CCC(F)(c3nc(C4CCOCC4)no3)C2)cc1F. The third-order valence-corrected chi connectivity index (χ3v) is 7.22. The number of halogens is 2. The second-order valence-corrected chi connectivity index (χ2v) is 9.25. The van der Waals surface area contributed by atoms with Crippen LogP contribution >= 0.6 is 0 Å². The summed E-state index contributed by atoms with van der Waals surface area (Å²) in [6.45, 7) is 2.23. The average molecular weight is 413 g/mol. The van der Waals surface area contributed by atoms with Crippen molar-refractivity contribution in [3.63, 3.8) is 0 Å². The molecule has 1 unspecified atom stereocenters. The summed E-state index contributed by atoms with van der Waals surface area (Å²) in [5, 5.41) is 3.90. The molecule has 1 aromatic heterocycles. The lowest BCUT2D eigenvalue weighted by molar-refractivity contribution is 0.0830. The van der Waals surface area contributed by atoms with Crippen LogP contribution in [-0.2, 0) is 20.4 Å². The smallest absolute Gasteiger partial charge is 0.265 e. The summed E-state index contributed by atoms with van der Waals surface area (Å²) in [4.78, 5) is 4.01. The molecule has 4 rings (SSSR count). The first-order valence-electron chi connectivity index (χ1n) is 9.17. The summed E-state index contributed by atoms with van der Waals surface area (Å²) in [5.41, 5.74) is -1.72. The number of benzene rings is 1. The van der Waals surface area contributed by atoms with Crippen LogP contribution in [0.5, 0.6) is 0 Å². The number of hydrogen-bond acceptors (Lipinski definition) is 6. The summed E-state index contributed by atoms with van der Waals surface area (Å²) >= 11 is 0. The molecule has 28 heavy (non-hydrogen) atoms. The van der Waals surface area contributed by atoms with E-state index in [4.69, 9.17) is 9.26 Å². The minimum atomic E-state index is -4.02. The molecule has 0 N–H and O–H groups in total. The molecule has 1 atom stereocenters. The quantitative estimate of drug-likeness (QED) is 0.766. The largest absolute Gasteiger partial charge is 0.381 e. The molecule has 0 radical (unpaired) electrons. The Bertz CT molecular complexity index is 975. The van der Waals surface area contributed by atoms with E-state index in [1.807, 2.05) is 0 Å². The van der Waals surface area contributed by atoms with Gasteiger partial charge >= 0.3 is 0 Å². The van der Waals surface area contributed by atoms with Crippen molar-refractivity contribution in [2.24, 2.45) is 0 Å². The molecule has 2 aliphatic rings. The summed E-state index contributed by atoms with van der Waals surface area (Å²) in [6, 6.07) is 3.67. The zero-order valence-corrected chi connectivity index (χ0v) is 16.2. The van der Waals surface area contributed by atoms with E-state index in [2.05, 4.69) is 10.1 Å². The first kappa shape index (κ1) is 19.4. The lowest BCUT2D eigenvalue weighted by atomic mass is 9.99.